The molecular formula is C27H22FN2NaO7S. The van der Waals surface area contributed by atoms with Crippen LogP contribution < -0.4 is 53.6 Å². The fourth-order valence-corrected chi connectivity index (χ4v) is 4.58. The van der Waals surface area contributed by atoms with E-state index in [1.807, 2.05) is 0 Å². The number of carbonyl (C=O) groups excluding carboxylic acids is 2. The van der Waals surface area contributed by atoms with Crippen molar-refractivity contribution in [1.82, 2.24) is 8.75 Å². The fourth-order valence-electron chi connectivity index (χ4n) is 4.06. The molecule has 196 valence electrons. The van der Waals surface area contributed by atoms with Gasteiger partial charge in [0.25, 0.3) is 0 Å². The van der Waals surface area contributed by atoms with Crippen LogP contribution >= 0.6 is 11.7 Å². The first kappa shape index (κ1) is 30.0. The molecule has 0 spiro atoms. The summed E-state index contributed by atoms with van der Waals surface area (Å²) in [7, 11) is 5.62. The maximum atomic E-state index is 14.5. The van der Waals surface area contributed by atoms with Crippen molar-refractivity contribution < 1.29 is 67.6 Å². The van der Waals surface area contributed by atoms with Crippen LogP contribution in [0.5, 0.6) is 23.0 Å². The van der Waals surface area contributed by atoms with Gasteiger partial charge in [-0.3, -0.25) is 4.79 Å². The van der Waals surface area contributed by atoms with Crippen molar-refractivity contribution in [1.29, 1.82) is 0 Å². The van der Waals surface area contributed by atoms with E-state index in [0.717, 1.165) is 17.8 Å². The van der Waals surface area contributed by atoms with Crippen LogP contribution in [0.25, 0.3) is 16.6 Å². The van der Waals surface area contributed by atoms with Gasteiger partial charge in [-0.15, -0.1) is 0 Å². The van der Waals surface area contributed by atoms with Crippen molar-refractivity contribution in [3.8, 4) is 23.0 Å². The molecule has 3 aromatic carbocycles. The third-order valence-electron chi connectivity index (χ3n) is 5.84. The number of ketones is 1. The molecule has 0 amide bonds. The summed E-state index contributed by atoms with van der Waals surface area (Å²) in [5.41, 5.74) is 1.12. The van der Waals surface area contributed by atoms with E-state index in [-0.39, 0.29) is 64.0 Å². The molecule has 4 rings (SSSR count). The molecule has 0 fully saturated rings. The van der Waals surface area contributed by atoms with E-state index in [2.05, 4.69) is 8.75 Å². The van der Waals surface area contributed by atoms with E-state index in [9.17, 15) is 19.1 Å². The molecule has 0 unspecified atom stereocenters. The van der Waals surface area contributed by atoms with E-state index in [0.29, 0.717) is 33.8 Å². The molecule has 0 saturated carbocycles. The standard InChI is InChI=1S/C27H23FN2O7S.Na/c1-34-21-8-6-16(12-18(21)28)25(31)17(9-14-10-22(35-2)26(37-4)23(11-14)36-3)24(27(32)33)15-5-7-19-20(13-15)30-38-29-19;/h5-8,10-13H,9H2,1-4H3,(H,32,33);/q;+1/p-1/b24-17-;. The Morgan fingerprint density at radius 1 is 0.821 bits per heavy atom. The number of carbonyl (C=O) groups is 2. The van der Waals surface area contributed by atoms with Crippen molar-refractivity contribution in [2.75, 3.05) is 28.4 Å². The quantitative estimate of drug-likeness (QED) is 0.155. The fraction of sp³-hybridized carbons (Fsp3) is 0.185. The van der Waals surface area contributed by atoms with Crippen molar-refractivity contribution in [3.05, 3.63) is 76.6 Å². The van der Waals surface area contributed by atoms with Gasteiger partial charge in [-0.05, 0) is 53.6 Å². The molecule has 0 aliphatic rings. The number of hydrogen-bond acceptors (Lipinski definition) is 10. The van der Waals surface area contributed by atoms with Gasteiger partial charge in [0.1, 0.15) is 11.0 Å². The summed E-state index contributed by atoms with van der Waals surface area (Å²) in [4.78, 5) is 26.3. The molecule has 1 aromatic heterocycles. The largest absolute Gasteiger partial charge is 1.00 e. The minimum atomic E-state index is -1.59. The van der Waals surface area contributed by atoms with Crippen molar-refractivity contribution in [2.24, 2.45) is 0 Å². The second-order valence-corrected chi connectivity index (χ2v) is 8.53. The van der Waals surface area contributed by atoms with E-state index >= 15 is 0 Å². The zero-order chi connectivity index (χ0) is 27.4. The monoisotopic (exact) mass is 560 g/mol. The van der Waals surface area contributed by atoms with Crippen molar-refractivity contribution in [2.45, 2.75) is 6.42 Å². The number of methoxy groups -OCH3 is 4. The van der Waals surface area contributed by atoms with Gasteiger partial charge in [0.15, 0.2) is 28.8 Å². The number of Topliss-reactive ketones (excluding diaryl/α,β-unsaturated/α-hetero) is 1. The molecule has 0 atom stereocenters. The van der Waals surface area contributed by atoms with Crippen LogP contribution in [0.3, 0.4) is 0 Å². The van der Waals surface area contributed by atoms with Crippen molar-refractivity contribution >= 4 is 40.1 Å². The molecule has 4 aromatic rings. The second-order valence-electron chi connectivity index (χ2n) is 8.00. The van der Waals surface area contributed by atoms with Crippen LogP contribution in [0.4, 0.5) is 4.39 Å². The summed E-state index contributed by atoms with van der Waals surface area (Å²) in [6, 6.07) is 11.5. The first-order chi connectivity index (χ1) is 18.3. The Hall–Kier alpha value is -3.51. The van der Waals surface area contributed by atoms with E-state index in [1.54, 1.807) is 18.2 Å². The smallest absolute Gasteiger partial charge is 0.545 e. The maximum Gasteiger partial charge on any atom is 1.00 e. The number of ether oxygens (including phenoxy) is 4. The first-order valence-corrected chi connectivity index (χ1v) is 11.9. The zero-order valence-electron chi connectivity index (χ0n) is 21.9. The van der Waals surface area contributed by atoms with Crippen LogP contribution in [-0.2, 0) is 11.2 Å². The number of hydrogen-bond donors (Lipinski definition) is 0. The van der Waals surface area contributed by atoms with Crippen LogP contribution in [-0.4, -0.2) is 48.9 Å². The van der Waals surface area contributed by atoms with Crippen LogP contribution in [0.1, 0.15) is 21.5 Å². The van der Waals surface area contributed by atoms with E-state index < -0.39 is 17.6 Å². The van der Waals surface area contributed by atoms with Gasteiger partial charge in [-0.2, -0.15) is 8.75 Å². The van der Waals surface area contributed by atoms with E-state index in [1.165, 1.54) is 52.7 Å². The molecule has 9 nitrogen and oxygen atoms in total. The summed E-state index contributed by atoms with van der Waals surface area (Å²) in [6.45, 7) is 0. The number of aromatic nitrogens is 2. The molecule has 0 aliphatic heterocycles. The Balaban J connectivity index is 0.00000420. The number of aliphatic carboxylic acids is 1. The van der Waals surface area contributed by atoms with Gasteiger partial charge in [-0.25, -0.2) is 4.39 Å². The number of fused-ring (bicyclic) bond motifs is 1. The Kier molecular flexibility index (Phi) is 10.0. The number of benzene rings is 3. The summed E-state index contributed by atoms with van der Waals surface area (Å²) in [5, 5.41) is 12.5. The Bertz CT molecular complexity index is 1550. The predicted octanol–water partition coefficient (Wildman–Crippen LogP) is 0.498. The summed E-state index contributed by atoms with van der Waals surface area (Å²) in [5.74, 6) is -2.17. The SMILES string of the molecule is COc1ccc(C(=O)/C(Cc2cc(OC)c(OC)c(OC)c2)=C(\C(=O)[O-])c2ccc3nsnc3c2)cc1F.[Na+]. The molecule has 1 heterocycles. The average molecular weight is 561 g/mol. The van der Waals surface area contributed by atoms with Crippen LogP contribution in [0, 0.1) is 5.82 Å². The summed E-state index contributed by atoms with van der Waals surface area (Å²) >= 11 is 0.973. The van der Waals surface area contributed by atoms with Gasteiger partial charge in [-0.1, -0.05) is 6.07 Å². The summed E-state index contributed by atoms with van der Waals surface area (Å²) < 4.78 is 43.9. The van der Waals surface area contributed by atoms with Gasteiger partial charge in [0, 0.05) is 23.1 Å². The number of nitrogens with zero attached hydrogens (tertiary/aromatic N) is 2. The number of rotatable bonds is 10. The normalized spacial score (nSPS) is 11.3. The number of carboxylic acids is 1. The maximum absolute atomic E-state index is 14.5. The van der Waals surface area contributed by atoms with Gasteiger partial charge in [0.2, 0.25) is 5.75 Å². The molecule has 0 aliphatic carbocycles. The minimum absolute atomic E-state index is 0. The zero-order valence-corrected chi connectivity index (χ0v) is 24.7. The Morgan fingerprint density at radius 3 is 2.00 bits per heavy atom. The third-order valence-corrected chi connectivity index (χ3v) is 6.40. The molecule has 39 heavy (non-hydrogen) atoms. The van der Waals surface area contributed by atoms with Gasteiger partial charge >= 0.3 is 29.6 Å². The predicted molar refractivity (Wildman–Crippen MR) is 136 cm³/mol. The first-order valence-electron chi connectivity index (χ1n) is 11.2. The molecule has 12 heteroatoms. The Morgan fingerprint density at radius 2 is 1.44 bits per heavy atom. The van der Waals surface area contributed by atoms with Gasteiger partial charge < -0.3 is 28.8 Å². The molecule has 0 saturated heterocycles. The number of halogens is 1. The van der Waals surface area contributed by atoms with Gasteiger partial charge in [0.05, 0.1) is 46.1 Å². The number of allylic oxidation sites excluding steroid dienone is 1. The van der Waals surface area contributed by atoms with Crippen LogP contribution in [0.15, 0.2) is 54.1 Å². The number of carboxylic acid groups (broad SMARTS) is 1. The molecule has 0 bridgehead atoms. The second kappa shape index (κ2) is 13.0. The topological polar surface area (TPSA) is 120 Å². The summed E-state index contributed by atoms with van der Waals surface area (Å²) in [6.07, 6.45) is -0.181. The Labute approximate surface area is 249 Å². The molecular weight excluding hydrogens is 538 g/mol. The average Bonchev–Trinajstić information content (AvgIpc) is 3.39. The van der Waals surface area contributed by atoms with Crippen molar-refractivity contribution in [3.63, 3.8) is 0 Å². The minimum Gasteiger partial charge on any atom is -0.545 e. The van der Waals surface area contributed by atoms with E-state index in [4.69, 9.17) is 18.9 Å². The van der Waals surface area contributed by atoms with Crippen LogP contribution in [0.2, 0.25) is 0 Å². The molecule has 0 radical (unpaired) electrons. The molecule has 0 N–H and O–H groups in total. The third kappa shape index (κ3) is 6.22.